The summed E-state index contributed by atoms with van der Waals surface area (Å²) in [6, 6.07) is 0. The van der Waals surface area contributed by atoms with Crippen LogP contribution in [0.4, 0.5) is 0 Å². The van der Waals surface area contributed by atoms with Crippen molar-refractivity contribution in [2.75, 3.05) is 6.61 Å². The van der Waals surface area contributed by atoms with Crippen molar-refractivity contribution in [3.63, 3.8) is 0 Å². The standard InChI is InChI=1S/C18H36O2/c1-5-7-8-9-10-11-16(19)18(20-6-2)14-12-17(3,4)13-15-18/h16,19H,5-15H2,1-4H3. The molecule has 0 spiro atoms. The van der Waals surface area contributed by atoms with Gasteiger partial charge in [0.05, 0.1) is 11.7 Å². The van der Waals surface area contributed by atoms with Crippen molar-refractivity contribution < 1.29 is 9.84 Å². The largest absolute Gasteiger partial charge is 0.390 e. The quantitative estimate of drug-likeness (QED) is 0.598. The molecule has 0 heterocycles. The van der Waals surface area contributed by atoms with Crippen LogP contribution in [0, 0.1) is 5.41 Å². The van der Waals surface area contributed by atoms with E-state index >= 15 is 0 Å². The number of rotatable bonds is 9. The summed E-state index contributed by atoms with van der Waals surface area (Å²) in [4.78, 5) is 0. The zero-order valence-electron chi connectivity index (χ0n) is 14.2. The van der Waals surface area contributed by atoms with E-state index in [-0.39, 0.29) is 11.7 Å². The van der Waals surface area contributed by atoms with Gasteiger partial charge in [-0.15, -0.1) is 0 Å². The van der Waals surface area contributed by atoms with Crippen LogP contribution in [0.5, 0.6) is 0 Å². The molecule has 120 valence electrons. The Morgan fingerprint density at radius 3 is 2.10 bits per heavy atom. The summed E-state index contributed by atoms with van der Waals surface area (Å²) in [5.41, 5.74) is 0.163. The molecule has 0 bridgehead atoms. The minimum atomic E-state index is -0.278. The minimum Gasteiger partial charge on any atom is -0.390 e. The van der Waals surface area contributed by atoms with E-state index in [1.807, 2.05) is 0 Å². The molecular formula is C18H36O2. The average Bonchev–Trinajstić information content (AvgIpc) is 2.41. The average molecular weight is 284 g/mol. The fraction of sp³-hybridized carbons (Fsp3) is 1.00. The van der Waals surface area contributed by atoms with E-state index < -0.39 is 0 Å². The number of ether oxygens (including phenoxy) is 1. The molecule has 0 aromatic carbocycles. The molecule has 2 nitrogen and oxygen atoms in total. The SMILES string of the molecule is CCCCCCCC(O)C1(OCC)CCC(C)(C)CC1. The molecule has 0 aromatic rings. The Labute approximate surface area is 126 Å². The first kappa shape index (κ1) is 18.0. The van der Waals surface area contributed by atoms with E-state index in [1.54, 1.807) is 0 Å². The molecule has 1 atom stereocenters. The van der Waals surface area contributed by atoms with Crippen LogP contribution in [0.25, 0.3) is 0 Å². The summed E-state index contributed by atoms with van der Waals surface area (Å²) in [6.07, 6.45) is 11.3. The van der Waals surface area contributed by atoms with Gasteiger partial charge in [0.1, 0.15) is 0 Å². The summed E-state index contributed by atoms with van der Waals surface area (Å²) in [6.45, 7) is 9.67. The van der Waals surface area contributed by atoms with Crippen molar-refractivity contribution in [2.45, 2.75) is 104 Å². The van der Waals surface area contributed by atoms with Gasteiger partial charge in [-0.05, 0) is 44.4 Å². The highest BCUT2D eigenvalue weighted by Gasteiger charge is 2.43. The van der Waals surface area contributed by atoms with E-state index in [4.69, 9.17) is 4.74 Å². The predicted octanol–water partition coefficient (Wildman–Crippen LogP) is 5.08. The molecule has 2 heteroatoms. The summed E-state index contributed by atoms with van der Waals surface area (Å²) in [7, 11) is 0. The number of aliphatic hydroxyl groups is 1. The lowest BCUT2D eigenvalue weighted by Crippen LogP contribution is -2.49. The van der Waals surface area contributed by atoms with Gasteiger partial charge in [-0.2, -0.15) is 0 Å². The van der Waals surface area contributed by atoms with Crippen LogP contribution in [0.15, 0.2) is 0 Å². The highest BCUT2D eigenvalue weighted by molar-refractivity contribution is 4.95. The third-order valence-corrected chi connectivity index (χ3v) is 5.07. The second kappa shape index (κ2) is 8.38. The van der Waals surface area contributed by atoms with Gasteiger partial charge >= 0.3 is 0 Å². The van der Waals surface area contributed by atoms with E-state index in [0.717, 1.165) is 25.7 Å². The summed E-state index contributed by atoms with van der Waals surface area (Å²) >= 11 is 0. The molecule has 1 N–H and O–H groups in total. The summed E-state index contributed by atoms with van der Waals surface area (Å²) < 4.78 is 6.05. The normalized spacial score (nSPS) is 22.6. The summed E-state index contributed by atoms with van der Waals surface area (Å²) in [5.74, 6) is 0. The van der Waals surface area contributed by atoms with Gasteiger partial charge in [0.2, 0.25) is 0 Å². The topological polar surface area (TPSA) is 29.5 Å². The van der Waals surface area contributed by atoms with E-state index in [0.29, 0.717) is 12.0 Å². The van der Waals surface area contributed by atoms with Crippen molar-refractivity contribution >= 4 is 0 Å². The molecule has 1 aliphatic carbocycles. The molecule has 0 aliphatic heterocycles. The zero-order valence-corrected chi connectivity index (χ0v) is 14.2. The molecule has 0 amide bonds. The van der Waals surface area contributed by atoms with Crippen LogP contribution in [-0.2, 0) is 4.74 Å². The van der Waals surface area contributed by atoms with Crippen molar-refractivity contribution in [1.82, 2.24) is 0 Å². The molecule has 1 saturated carbocycles. The van der Waals surface area contributed by atoms with Crippen molar-refractivity contribution in [2.24, 2.45) is 5.41 Å². The van der Waals surface area contributed by atoms with Gasteiger partial charge in [-0.1, -0.05) is 52.9 Å². The monoisotopic (exact) mass is 284 g/mol. The van der Waals surface area contributed by atoms with Crippen molar-refractivity contribution in [3.05, 3.63) is 0 Å². The number of hydrogen-bond acceptors (Lipinski definition) is 2. The highest BCUT2D eigenvalue weighted by Crippen LogP contribution is 2.44. The lowest BCUT2D eigenvalue weighted by atomic mass is 9.68. The molecule has 0 saturated heterocycles. The lowest BCUT2D eigenvalue weighted by Gasteiger charge is -2.46. The third kappa shape index (κ3) is 5.37. The second-order valence-electron chi connectivity index (χ2n) is 7.38. The fourth-order valence-electron chi connectivity index (χ4n) is 3.42. The molecule has 20 heavy (non-hydrogen) atoms. The molecule has 1 aliphatic rings. The van der Waals surface area contributed by atoms with Gasteiger partial charge in [-0.25, -0.2) is 0 Å². The first-order chi connectivity index (χ1) is 9.46. The van der Waals surface area contributed by atoms with Gasteiger partial charge in [0, 0.05) is 6.61 Å². The smallest absolute Gasteiger partial charge is 0.0940 e. The maximum Gasteiger partial charge on any atom is 0.0940 e. The Morgan fingerprint density at radius 1 is 0.950 bits per heavy atom. The van der Waals surface area contributed by atoms with Crippen LogP contribution in [-0.4, -0.2) is 23.4 Å². The first-order valence-electron chi connectivity index (χ1n) is 8.78. The lowest BCUT2D eigenvalue weighted by molar-refractivity contribution is -0.153. The van der Waals surface area contributed by atoms with E-state index in [9.17, 15) is 5.11 Å². The first-order valence-corrected chi connectivity index (χ1v) is 8.78. The Kier molecular flexibility index (Phi) is 7.53. The van der Waals surface area contributed by atoms with Crippen LogP contribution < -0.4 is 0 Å². The van der Waals surface area contributed by atoms with Gasteiger partial charge in [0.15, 0.2) is 0 Å². The number of hydrogen-bond donors (Lipinski definition) is 1. The Bertz CT molecular complexity index is 250. The Morgan fingerprint density at radius 2 is 1.55 bits per heavy atom. The Balaban J connectivity index is 2.44. The number of unbranched alkanes of at least 4 members (excludes halogenated alkanes) is 4. The van der Waals surface area contributed by atoms with Crippen LogP contribution in [0.1, 0.15) is 91.9 Å². The van der Waals surface area contributed by atoms with E-state index in [2.05, 4.69) is 27.7 Å². The fourth-order valence-corrected chi connectivity index (χ4v) is 3.42. The molecule has 0 aromatic heterocycles. The maximum atomic E-state index is 10.7. The molecule has 1 fully saturated rings. The summed E-state index contributed by atoms with van der Waals surface area (Å²) in [5, 5.41) is 10.7. The molecule has 1 unspecified atom stereocenters. The molecule has 1 rings (SSSR count). The molecule has 0 radical (unpaired) electrons. The van der Waals surface area contributed by atoms with Gasteiger partial charge < -0.3 is 9.84 Å². The highest BCUT2D eigenvalue weighted by atomic mass is 16.5. The second-order valence-corrected chi connectivity index (χ2v) is 7.38. The van der Waals surface area contributed by atoms with Gasteiger partial charge in [-0.3, -0.25) is 0 Å². The Hall–Kier alpha value is -0.0800. The van der Waals surface area contributed by atoms with E-state index in [1.165, 1.54) is 38.5 Å². The van der Waals surface area contributed by atoms with Crippen LogP contribution in [0.3, 0.4) is 0 Å². The molecular weight excluding hydrogens is 248 g/mol. The minimum absolute atomic E-state index is 0.255. The zero-order chi connectivity index (χ0) is 15.1. The third-order valence-electron chi connectivity index (χ3n) is 5.07. The van der Waals surface area contributed by atoms with Gasteiger partial charge in [0.25, 0.3) is 0 Å². The van der Waals surface area contributed by atoms with Crippen molar-refractivity contribution in [1.29, 1.82) is 0 Å². The maximum absolute atomic E-state index is 10.7. The van der Waals surface area contributed by atoms with Crippen LogP contribution >= 0.6 is 0 Å². The van der Waals surface area contributed by atoms with Crippen LogP contribution in [0.2, 0.25) is 0 Å². The predicted molar refractivity (Wildman–Crippen MR) is 86.0 cm³/mol. The van der Waals surface area contributed by atoms with Crippen molar-refractivity contribution in [3.8, 4) is 0 Å². The number of aliphatic hydroxyl groups excluding tert-OH is 1.